The van der Waals surface area contributed by atoms with E-state index in [1.165, 1.54) is 0 Å². The van der Waals surface area contributed by atoms with Crippen LogP contribution < -0.4 is 65.5 Å². The van der Waals surface area contributed by atoms with Crippen LogP contribution in [0.15, 0.2) is 4.99 Å². The molecule has 0 bridgehead atoms. The van der Waals surface area contributed by atoms with Crippen LogP contribution in [0.3, 0.4) is 0 Å². The Morgan fingerprint density at radius 2 is 1.12 bits per heavy atom. The Hall–Kier alpha value is -6.68. The summed E-state index contributed by atoms with van der Waals surface area (Å²) in [5, 5.41) is 55.2. The number of aliphatic carboxylic acids is 2. The third kappa shape index (κ3) is 21.4. The van der Waals surface area contributed by atoms with Gasteiger partial charge in [-0.25, -0.2) is 0 Å². The highest BCUT2D eigenvalue weighted by Gasteiger charge is 2.34. The second kappa shape index (κ2) is 26.3. The number of guanidine groups is 1. The lowest BCUT2D eigenvalue weighted by Crippen LogP contribution is -2.61. The third-order valence-corrected chi connectivity index (χ3v) is 7.59. The summed E-state index contributed by atoms with van der Waals surface area (Å²) < 4.78 is 0. The van der Waals surface area contributed by atoms with Gasteiger partial charge in [0.15, 0.2) is 5.96 Å². The fourth-order valence-corrected chi connectivity index (χ4v) is 4.50. The summed E-state index contributed by atoms with van der Waals surface area (Å²) in [6.07, 6.45) is -3.27. The fourth-order valence-electron chi connectivity index (χ4n) is 4.50. The van der Waals surface area contributed by atoms with Gasteiger partial charge in [-0.3, -0.25) is 57.7 Å². The van der Waals surface area contributed by atoms with E-state index in [0.29, 0.717) is 0 Å². The maximum Gasteiger partial charge on any atom is 0.322 e. The number of carboxylic acid groups (broad SMARTS) is 2. The van der Waals surface area contributed by atoms with Gasteiger partial charge in [-0.05, 0) is 33.6 Å². The van der Waals surface area contributed by atoms with Crippen molar-refractivity contribution in [3.8, 4) is 0 Å². The first-order chi connectivity index (χ1) is 27.4. The summed E-state index contributed by atoms with van der Waals surface area (Å²) in [7, 11) is 0. The molecule has 20 N–H and O–H groups in total. The molecule has 332 valence electrons. The number of hydrogen-bond acceptors (Lipinski definition) is 15. The fraction of sp³-hybridized carbons (Fsp3) is 0.613. The average molecular weight is 848 g/mol. The number of carboxylic acids is 2. The van der Waals surface area contributed by atoms with Gasteiger partial charge in [0.2, 0.25) is 53.2 Å². The number of amides is 9. The first kappa shape index (κ1) is 52.3. The minimum absolute atomic E-state index is 0.0197. The second-order valence-corrected chi connectivity index (χ2v) is 12.8. The van der Waals surface area contributed by atoms with Crippen molar-refractivity contribution in [3.63, 3.8) is 0 Å². The van der Waals surface area contributed by atoms with Gasteiger partial charge in [-0.15, -0.1) is 0 Å². The number of hydrogen-bond donors (Lipinski definition) is 16. The van der Waals surface area contributed by atoms with Crippen LogP contribution >= 0.6 is 0 Å². The minimum Gasteiger partial charge on any atom is -0.481 e. The monoisotopic (exact) mass is 847 g/mol. The number of nitrogens with one attached hydrogen (secondary N) is 8. The quantitative estimate of drug-likeness (QED) is 0.0207. The number of nitrogens with zero attached hydrogens (tertiary/aromatic N) is 1. The highest BCUT2D eigenvalue weighted by atomic mass is 16.4. The van der Waals surface area contributed by atoms with Gasteiger partial charge in [0, 0.05) is 6.54 Å². The molecule has 0 unspecified atom stereocenters. The topological polar surface area (TPSA) is 481 Å². The van der Waals surface area contributed by atoms with Crippen molar-refractivity contribution in [1.29, 1.82) is 0 Å². The molecule has 0 aliphatic rings. The normalized spacial score (nSPS) is 14.7. The molecule has 0 aliphatic heterocycles. The maximum absolute atomic E-state index is 13.2. The number of aliphatic hydroxyl groups is 2. The maximum atomic E-state index is 13.2. The van der Waals surface area contributed by atoms with Crippen molar-refractivity contribution in [3.05, 3.63) is 0 Å². The van der Waals surface area contributed by atoms with Crippen molar-refractivity contribution >= 4 is 71.1 Å². The predicted octanol–water partition coefficient (Wildman–Crippen LogP) is -9.64. The first-order valence-corrected chi connectivity index (χ1v) is 17.6. The predicted molar refractivity (Wildman–Crippen MR) is 199 cm³/mol. The van der Waals surface area contributed by atoms with Crippen LogP contribution in [0, 0.1) is 0 Å². The molecule has 0 aliphatic carbocycles. The molecule has 0 saturated carbocycles. The number of carbonyl (C=O) groups is 11. The summed E-state index contributed by atoms with van der Waals surface area (Å²) in [5.41, 5.74) is 21.1. The van der Waals surface area contributed by atoms with Crippen molar-refractivity contribution < 1.29 is 73.2 Å². The first-order valence-electron chi connectivity index (χ1n) is 17.6. The van der Waals surface area contributed by atoms with Crippen LogP contribution in [0.25, 0.3) is 0 Å². The molecule has 28 nitrogen and oxygen atoms in total. The molecule has 0 radical (unpaired) electrons. The van der Waals surface area contributed by atoms with Crippen molar-refractivity contribution in [2.45, 2.75) is 94.9 Å². The third-order valence-electron chi connectivity index (χ3n) is 7.59. The molecule has 0 spiro atoms. The Balaban J connectivity index is 5.77. The van der Waals surface area contributed by atoms with E-state index in [0.717, 1.165) is 20.8 Å². The minimum atomic E-state index is -1.99. The van der Waals surface area contributed by atoms with Gasteiger partial charge >= 0.3 is 11.9 Å². The van der Waals surface area contributed by atoms with E-state index in [1.54, 1.807) is 0 Å². The van der Waals surface area contributed by atoms with E-state index < -0.39 is 146 Å². The Kier molecular flexibility index (Phi) is 23.3. The lowest BCUT2D eigenvalue weighted by atomic mass is 10.1. The summed E-state index contributed by atoms with van der Waals surface area (Å²) in [5.74, 6) is -12.7. The smallest absolute Gasteiger partial charge is 0.322 e. The molecular weight excluding hydrogens is 794 g/mol. The zero-order valence-electron chi connectivity index (χ0n) is 32.3. The summed E-state index contributed by atoms with van der Waals surface area (Å²) in [6, 6.07) is -11.3. The average Bonchev–Trinajstić information content (AvgIpc) is 3.13. The van der Waals surface area contributed by atoms with Crippen molar-refractivity contribution in [2.75, 3.05) is 26.2 Å². The Labute approximate surface area is 335 Å². The van der Waals surface area contributed by atoms with Gasteiger partial charge in [0.1, 0.15) is 42.8 Å². The lowest BCUT2D eigenvalue weighted by molar-refractivity contribution is -0.142. The molecule has 28 heteroatoms. The number of aliphatic hydroxyl groups excluding tert-OH is 2. The molecule has 8 atom stereocenters. The molecule has 9 amide bonds. The number of carbonyl (C=O) groups excluding carboxylic acids is 9. The van der Waals surface area contributed by atoms with Crippen LogP contribution in [-0.4, -0.2) is 166 Å². The standard InChI is InChI=1S/C31H53N13O15/c1-12(24(53)38-10-22(51)52)40-30(59)23(14(3)46)44-28(57)17(8-21(49)50)42-29(58)18(11-45)43-25(54)13(2)39-27(56)16(5-4-6-36-31(34)35)41-20(48)9-37-26(55)15(32)7-19(33)47/h12-18,23,45-46H,4-11,32H2,1-3H3,(H2,33,47)(H,37,55)(H,38,53)(H,39,56)(H,40,59)(H,41,48)(H,42,58)(H,43,54)(H,44,57)(H,49,50)(H,51,52)(H4,34,35,36)/t12-,13-,14+,15-,16-,17-,18-,23-/m0/s1. The van der Waals surface area contributed by atoms with Gasteiger partial charge < -0.3 is 85.9 Å². The van der Waals surface area contributed by atoms with Crippen LogP contribution in [0.4, 0.5) is 0 Å². The lowest BCUT2D eigenvalue weighted by Gasteiger charge is -2.26. The molecule has 0 heterocycles. The van der Waals surface area contributed by atoms with Crippen LogP contribution in [0.2, 0.25) is 0 Å². The SMILES string of the molecule is C[C@H](NC(=O)[C@H](CCCN=C(N)N)NC(=O)CNC(=O)[C@@H](N)CC(N)=O)C(=O)N[C@@H](CO)C(=O)N[C@@H](CC(=O)O)C(=O)N[C@H](C(=O)N[C@@H](C)C(=O)NCC(=O)O)[C@@H](C)O. The molecule has 0 aromatic rings. The van der Waals surface area contributed by atoms with Crippen LogP contribution in [0.5, 0.6) is 0 Å². The molecule has 0 aromatic heterocycles. The van der Waals surface area contributed by atoms with Gasteiger partial charge in [-0.2, -0.15) is 0 Å². The molecule has 0 aromatic carbocycles. The Bertz CT molecular complexity index is 1590. The van der Waals surface area contributed by atoms with E-state index in [-0.39, 0.29) is 25.3 Å². The van der Waals surface area contributed by atoms with E-state index in [2.05, 4.69) is 31.6 Å². The largest absolute Gasteiger partial charge is 0.481 e. The summed E-state index contributed by atoms with van der Waals surface area (Å²) in [4.78, 5) is 139. The molecule has 0 fully saturated rings. The van der Waals surface area contributed by atoms with Crippen LogP contribution in [-0.2, 0) is 52.7 Å². The number of nitrogens with two attached hydrogens (primary N) is 4. The highest BCUT2D eigenvalue weighted by Crippen LogP contribution is 2.03. The van der Waals surface area contributed by atoms with Crippen LogP contribution in [0.1, 0.15) is 46.5 Å². The molecule has 59 heavy (non-hydrogen) atoms. The van der Waals surface area contributed by atoms with Crippen molar-refractivity contribution in [1.82, 2.24) is 42.5 Å². The van der Waals surface area contributed by atoms with E-state index in [1.807, 2.05) is 16.0 Å². The number of primary amides is 1. The van der Waals surface area contributed by atoms with E-state index >= 15 is 0 Å². The number of aliphatic imine (C=N–C) groups is 1. The zero-order chi connectivity index (χ0) is 45.6. The zero-order valence-corrected chi connectivity index (χ0v) is 32.3. The molecular formula is C31H53N13O15. The van der Waals surface area contributed by atoms with Gasteiger partial charge in [-0.1, -0.05) is 0 Å². The Morgan fingerprint density at radius 1 is 0.593 bits per heavy atom. The Morgan fingerprint density at radius 3 is 1.64 bits per heavy atom. The van der Waals surface area contributed by atoms with Gasteiger partial charge in [0.25, 0.3) is 0 Å². The highest BCUT2D eigenvalue weighted by molar-refractivity contribution is 5.98. The summed E-state index contributed by atoms with van der Waals surface area (Å²) in [6.45, 7) is 0.791. The second-order valence-electron chi connectivity index (χ2n) is 12.8. The number of rotatable bonds is 27. The van der Waals surface area contributed by atoms with E-state index in [4.69, 9.17) is 28.0 Å². The summed E-state index contributed by atoms with van der Waals surface area (Å²) >= 11 is 0. The van der Waals surface area contributed by atoms with E-state index in [9.17, 15) is 68.1 Å². The van der Waals surface area contributed by atoms with Gasteiger partial charge in [0.05, 0.1) is 38.1 Å². The molecule has 0 rings (SSSR count). The van der Waals surface area contributed by atoms with Crippen molar-refractivity contribution in [2.24, 2.45) is 27.9 Å². The molecule has 0 saturated heterocycles.